The summed E-state index contributed by atoms with van der Waals surface area (Å²) in [6.45, 7) is 2.44. The van der Waals surface area contributed by atoms with Crippen LogP contribution in [0.15, 0.2) is 47.4 Å². The fourth-order valence-corrected chi connectivity index (χ4v) is 6.37. The molecule has 2 aromatic heterocycles. The van der Waals surface area contributed by atoms with Crippen molar-refractivity contribution in [2.24, 2.45) is 5.92 Å². The molecule has 1 aliphatic rings. The molecule has 1 saturated heterocycles. The van der Waals surface area contributed by atoms with Gasteiger partial charge >= 0.3 is 7.60 Å². The smallest absolute Gasteiger partial charge is 0.379 e. The molecule has 1 fully saturated rings. The standard InChI is InChI=1S/C22H25BrFN4O7P/c1-12(13(2)29)11-36(32,35-14-6-4-3-5-7-14)33-10-16-17(30)22(23,24)20(34-16)28-9-8-15-18(28)26-21(25)27-19(15)31/h3-9,12,16-17,20,30H,10-11H2,1-2H3,(H3,25,26,27,31)/t12-,16-,17+,20-,22?,36?/m1/s1. The van der Waals surface area contributed by atoms with Gasteiger partial charge in [-0.05, 0) is 41.1 Å². The number of halogens is 2. The minimum Gasteiger partial charge on any atom is -0.424 e. The van der Waals surface area contributed by atoms with Crippen molar-refractivity contribution in [2.75, 3.05) is 18.5 Å². The van der Waals surface area contributed by atoms with Gasteiger partial charge in [-0.1, -0.05) is 25.1 Å². The van der Waals surface area contributed by atoms with Gasteiger partial charge in [-0.2, -0.15) is 4.98 Å². The predicted octanol–water partition coefficient (Wildman–Crippen LogP) is 3.14. The number of Topliss-reactive ketones (excluding diaryl/α,β-unsaturated/α-hetero) is 1. The van der Waals surface area contributed by atoms with Crippen LogP contribution in [0.2, 0.25) is 0 Å². The van der Waals surface area contributed by atoms with Crippen LogP contribution in [0.3, 0.4) is 0 Å². The van der Waals surface area contributed by atoms with Gasteiger partial charge in [0.05, 0.1) is 18.2 Å². The fourth-order valence-electron chi connectivity index (χ4n) is 3.76. The van der Waals surface area contributed by atoms with Gasteiger partial charge < -0.3 is 24.7 Å². The SMILES string of the molecule is CC(=O)[C@H](C)CP(=O)(OC[C@H]1O[C@@H](n2ccc3c(=O)[nH]c(N)nc32)C(F)(Br)[C@H]1O)Oc1ccccc1. The van der Waals surface area contributed by atoms with Crippen molar-refractivity contribution in [3.63, 3.8) is 0 Å². The van der Waals surface area contributed by atoms with Crippen LogP contribution in [-0.4, -0.2) is 55.0 Å². The van der Waals surface area contributed by atoms with Gasteiger partial charge in [-0.15, -0.1) is 0 Å². The maximum Gasteiger partial charge on any atom is 0.379 e. The van der Waals surface area contributed by atoms with Crippen LogP contribution in [0.5, 0.6) is 5.75 Å². The Labute approximate surface area is 213 Å². The van der Waals surface area contributed by atoms with E-state index < -0.39 is 48.7 Å². The lowest BCUT2D eigenvalue weighted by Gasteiger charge is -2.24. The summed E-state index contributed by atoms with van der Waals surface area (Å²) in [5.41, 5.74) is 5.15. The first-order valence-electron chi connectivity index (χ1n) is 11.0. The first-order valence-corrected chi connectivity index (χ1v) is 13.5. The Hall–Kier alpha value is -2.57. The zero-order chi connectivity index (χ0) is 26.3. The van der Waals surface area contributed by atoms with E-state index >= 15 is 4.39 Å². The number of ether oxygens (including phenoxy) is 1. The number of aromatic amines is 1. The zero-order valence-corrected chi connectivity index (χ0v) is 21.8. The number of aromatic nitrogens is 3. The number of carbonyl (C=O) groups excluding carboxylic acids is 1. The molecule has 3 aromatic rings. The predicted molar refractivity (Wildman–Crippen MR) is 133 cm³/mol. The third-order valence-corrected chi connectivity index (χ3v) is 8.73. The molecule has 0 aliphatic carbocycles. The highest BCUT2D eigenvalue weighted by Crippen LogP contribution is 2.52. The number of nitrogens with two attached hydrogens (primary N) is 1. The summed E-state index contributed by atoms with van der Waals surface area (Å²) in [6, 6.07) is 9.67. The summed E-state index contributed by atoms with van der Waals surface area (Å²) in [6.07, 6.45) is -3.39. The Morgan fingerprint density at radius 2 is 2.11 bits per heavy atom. The average molecular weight is 587 g/mol. The second-order valence-electron chi connectivity index (χ2n) is 8.56. The molecule has 6 atom stereocenters. The van der Waals surface area contributed by atoms with E-state index in [1.165, 1.54) is 23.8 Å². The van der Waals surface area contributed by atoms with Gasteiger partial charge in [0.2, 0.25) is 10.5 Å². The number of benzene rings is 1. The molecule has 1 aromatic carbocycles. The van der Waals surface area contributed by atoms with Gasteiger partial charge in [-0.25, -0.2) is 8.96 Å². The van der Waals surface area contributed by atoms with Gasteiger partial charge in [0, 0.05) is 12.1 Å². The number of nitrogens with one attached hydrogen (secondary N) is 1. The third-order valence-electron chi connectivity index (χ3n) is 5.85. The molecule has 0 radical (unpaired) electrons. The average Bonchev–Trinajstić information content (AvgIpc) is 3.31. The number of aliphatic hydroxyl groups is 1. The molecule has 3 heterocycles. The molecule has 14 heteroatoms. The maximum absolute atomic E-state index is 15.7. The minimum absolute atomic E-state index is 0.0462. The number of hydrogen-bond donors (Lipinski definition) is 3. The summed E-state index contributed by atoms with van der Waals surface area (Å²) >= 11 is 2.88. The van der Waals surface area contributed by atoms with Crippen LogP contribution >= 0.6 is 23.5 Å². The van der Waals surface area contributed by atoms with E-state index in [0.29, 0.717) is 0 Å². The number of ketones is 1. The lowest BCUT2D eigenvalue weighted by molar-refractivity contribution is -0.119. The lowest BCUT2D eigenvalue weighted by Crippen LogP contribution is -2.38. The van der Waals surface area contributed by atoms with E-state index in [9.17, 15) is 19.3 Å². The number of carbonyl (C=O) groups is 1. The second kappa shape index (κ2) is 10.1. The number of nitrogen functional groups attached to an aromatic ring is 1. The Kier molecular flexibility index (Phi) is 7.40. The summed E-state index contributed by atoms with van der Waals surface area (Å²) in [4.78, 5) is 30.3. The lowest BCUT2D eigenvalue weighted by atomic mass is 10.1. The van der Waals surface area contributed by atoms with Crippen LogP contribution in [-0.2, 0) is 18.6 Å². The van der Waals surface area contributed by atoms with Crippen molar-refractivity contribution < 1.29 is 32.6 Å². The van der Waals surface area contributed by atoms with Gasteiger partial charge in [0.15, 0.2) is 11.9 Å². The quantitative estimate of drug-likeness (QED) is 0.253. The third kappa shape index (κ3) is 5.25. The number of fused-ring (bicyclic) bond motifs is 1. The molecule has 36 heavy (non-hydrogen) atoms. The minimum atomic E-state index is -3.93. The maximum atomic E-state index is 15.7. The van der Waals surface area contributed by atoms with Crippen LogP contribution in [0.4, 0.5) is 10.3 Å². The van der Waals surface area contributed by atoms with Gasteiger partial charge in [-0.3, -0.25) is 19.1 Å². The molecule has 2 unspecified atom stereocenters. The summed E-state index contributed by atoms with van der Waals surface area (Å²) in [7, 11) is -3.93. The second-order valence-corrected chi connectivity index (χ2v) is 11.8. The van der Waals surface area contributed by atoms with Crippen molar-refractivity contribution in [3.8, 4) is 5.75 Å². The van der Waals surface area contributed by atoms with E-state index in [1.54, 1.807) is 37.3 Å². The summed E-state index contributed by atoms with van der Waals surface area (Å²) in [5.74, 6) is -0.768. The van der Waals surface area contributed by atoms with Crippen LogP contribution in [0.25, 0.3) is 11.0 Å². The molecule has 0 amide bonds. The first-order chi connectivity index (χ1) is 16.9. The number of nitrogens with zero attached hydrogens (tertiary/aromatic N) is 2. The highest BCUT2D eigenvalue weighted by molar-refractivity contribution is 9.10. The molecule has 4 rings (SSSR count). The number of rotatable bonds is 9. The molecular weight excluding hydrogens is 562 g/mol. The Balaban J connectivity index is 1.57. The van der Waals surface area contributed by atoms with E-state index in [-0.39, 0.29) is 34.7 Å². The molecule has 194 valence electrons. The van der Waals surface area contributed by atoms with Crippen LogP contribution in [0.1, 0.15) is 20.1 Å². The summed E-state index contributed by atoms with van der Waals surface area (Å²) in [5, 5.41) is 10.8. The monoisotopic (exact) mass is 586 g/mol. The molecule has 1 aliphatic heterocycles. The van der Waals surface area contributed by atoms with Gasteiger partial charge in [0.1, 0.15) is 23.7 Å². The van der Waals surface area contributed by atoms with E-state index in [1.807, 2.05) is 0 Å². The number of para-hydroxylation sites is 1. The Morgan fingerprint density at radius 3 is 2.78 bits per heavy atom. The van der Waals surface area contributed by atoms with Crippen LogP contribution in [0, 0.1) is 5.92 Å². The number of aliphatic hydroxyl groups excluding tert-OH is 1. The highest BCUT2D eigenvalue weighted by Gasteiger charge is 2.57. The molecule has 0 bridgehead atoms. The number of H-pyrrole nitrogens is 1. The molecule has 4 N–H and O–H groups in total. The fraction of sp³-hybridized carbons (Fsp3) is 0.409. The summed E-state index contributed by atoms with van der Waals surface area (Å²) < 4.78 is 44.9. The Bertz CT molecular complexity index is 1370. The number of anilines is 1. The first kappa shape index (κ1) is 26.5. The largest absolute Gasteiger partial charge is 0.424 e. The van der Waals surface area contributed by atoms with E-state index in [4.69, 9.17) is 19.5 Å². The topological polar surface area (TPSA) is 159 Å². The molecule has 11 nitrogen and oxygen atoms in total. The van der Waals surface area contributed by atoms with E-state index in [2.05, 4.69) is 25.9 Å². The number of alkyl halides is 2. The van der Waals surface area contributed by atoms with Crippen molar-refractivity contribution in [3.05, 3.63) is 52.9 Å². The van der Waals surface area contributed by atoms with Crippen LogP contribution < -0.4 is 15.8 Å². The van der Waals surface area contributed by atoms with E-state index in [0.717, 1.165) is 0 Å². The Morgan fingerprint density at radius 1 is 1.42 bits per heavy atom. The van der Waals surface area contributed by atoms with Crippen molar-refractivity contribution in [1.29, 1.82) is 0 Å². The van der Waals surface area contributed by atoms with Crippen molar-refractivity contribution in [1.82, 2.24) is 14.5 Å². The zero-order valence-electron chi connectivity index (χ0n) is 19.3. The molecular formula is C22H25BrFN4O7P. The normalized spacial score (nSPS) is 26.5. The molecule has 0 spiro atoms. The van der Waals surface area contributed by atoms with Gasteiger partial charge in [0.25, 0.3) is 5.56 Å². The number of hydrogen-bond acceptors (Lipinski definition) is 9. The van der Waals surface area contributed by atoms with Crippen molar-refractivity contribution in [2.45, 2.75) is 36.9 Å². The van der Waals surface area contributed by atoms with Crippen molar-refractivity contribution >= 4 is 46.3 Å². The molecule has 0 saturated carbocycles. The highest BCUT2D eigenvalue weighted by atomic mass is 79.9.